The number of rotatable bonds is 6. The van der Waals surface area contributed by atoms with Crippen LogP contribution in [0.4, 0.5) is 17.5 Å². The second kappa shape index (κ2) is 8.09. The Morgan fingerprint density at radius 1 is 1.04 bits per heavy atom. The summed E-state index contributed by atoms with van der Waals surface area (Å²) >= 11 is 0. The van der Waals surface area contributed by atoms with Crippen LogP contribution in [0.25, 0.3) is 0 Å². The second-order valence-corrected chi connectivity index (χ2v) is 5.79. The number of carbonyl (C=O) groups excluding carboxylic acids is 2. The first-order valence-electron chi connectivity index (χ1n) is 7.73. The molecule has 0 aliphatic carbocycles. The Hall–Kier alpha value is -3.16. The highest BCUT2D eigenvalue weighted by Gasteiger charge is 2.14. The van der Waals surface area contributed by atoms with E-state index in [9.17, 15) is 9.59 Å². The van der Waals surface area contributed by atoms with Gasteiger partial charge in [0.25, 0.3) is 5.91 Å². The van der Waals surface area contributed by atoms with Gasteiger partial charge in [-0.15, -0.1) is 0 Å². The van der Waals surface area contributed by atoms with E-state index in [0.717, 1.165) is 0 Å². The molecule has 132 valence electrons. The summed E-state index contributed by atoms with van der Waals surface area (Å²) in [6.07, 6.45) is 1.55. The molecule has 2 N–H and O–H groups in total. The number of anilines is 3. The highest BCUT2D eigenvalue weighted by Crippen LogP contribution is 2.22. The number of hydrogen-bond acceptors (Lipinski definition) is 6. The fourth-order valence-electron chi connectivity index (χ4n) is 2.05. The van der Waals surface area contributed by atoms with Crippen molar-refractivity contribution in [1.82, 2.24) is 15.3 Å². The summed E-state index contributed by atoms with van der Waals surface area (Å²) in [6.45, 7) is -0.143. The van der Waals surface area contributed by atoms with E-state index in [1.54, 1.807) is 40.3 Å². The maximum Gasteiger partial charge on any atom is 0.251 e. The Labute approximate surface area is 146 Å². The first kappa shape index (κ1) is 18.2. The minimum Gasteiger partial charge on any atom is -0.361 e. The standard InChI is InChI=1S/C17H22N6O2/c1-22(2)15-13(10-19-17(21-15)23(3)4)20-14(24)11-18-16(25)12-8-6-5-7-9-12/h5-10H,11H2,1-4H3,(H,18,25)(H,20,24). The Morgan fingerprint density at radius 3 is 2.32 bits per heavy atom. The van der Waals surface area contributed by atoms with E-state index in [2.05, 4.69) is 20.6 Å². The van der Waals surface area contributed by atoms with Crippen molar-refractivity contribution >= 4 is 29.3 Å². The van der Waals surface area contributed by atoms with Crippen LogP contribution in [0.1, 0.15) is 10.4 Å². The molecule has 2 aromatic rings. The van der Waals surface area contributed by atoms with Crippen molar-refractivity contribution in [1.29, 1.82) is 0 Å². The minimum atomic E-state index is -0.353. The molecule has 0 atom stereocenters. The summed E-state index contributed by atoms with van der Waals surface area (Å²) in [6, 6.07) is 8.73. The molecule has 25 heavy (non-hydrogen) atoms. The van der Waals surface area contributed by atoms with Crippen molar-refractivity contribution in [3.05, 3.63) is 42.1 Å². The molecule has 0 spiro atoms. The molecule has 0 radical (unpaired) electrons. The third-order valence-corrected chi connectivity index (χ3v) is 3.30. The average molecular weight is 342 g/mol. The molecule has 0 saturated carbocycles. The van der Waals surface area contributed by atoms with Crippen molar-refractivity contribution < 1.29 is 9.59 Å². The highest BCUT2D eigenvalue weighted by molar-refractivity contribution is 6.00. The molecular weight excluding hydrogens is 320 g/mol. The van der Waals surface area contributed by atoms with Gasteiger partial charge in [0, 0.05) is 33.8 Å². The summed E-state index contributed by atoms with van der Waals surface area (Å²) in [7, 11) is 7.33. The number of nitrogens with one attached hydrogen (secondary N) is 2. The van der Waals surface area contributed by atoms with E-state index >= 15 is 0 Å². The van der Waals surface area contributed by atoms with Gasteiger partial charge in [-0.1, -0.05) is 18.2 Å². The molecule has 1 aromatic heterocycles. The highest BCUT2D eigenvalue weighted by atomic mass is 16.2. The fourth-order valence-corrected chi connectivity index (χ4v) is 2.05. The van der Waals surface area contributed by atoms with Gasteiger partial charge < -0.3 is 20.4 Å². The van der Waals surface area contributed by atoms with Gasteiger partial charge in [0.05, 0.1) is 12.7 Å². The Bertz CT molecular complexity index is 746. The van der Waals surface area contributed by atoms with Crippen LogP contribution in [0.5, 0.6) is 0 Å². The maximum atomic E-state index is 12.1. The summed E-state index contributed by atoms with van der Waals surface area (Å²) in [5.41, 5.74) is 0.984. The fraction of sp³-hybridized carbons (Fsp3) is 0.294. The van der Waals surface area contributed by atoms with Gasteiger partial charge in [-0.05, 0) is 12.1 Å². The topological polar surface area (TPSA) is 90.5 Å². The summed E-state index contributed by atoms with van der Waals surface area (Å²) in [5, 5.41) is 5.31. The monoisotopic (exact) mass is 342 g/mol. The van der Waals surface area contributed by atoms with Crippen LogP contribution in [0.3, 0.4) is 0 Å². The average Bonchev–Trinajstić information content (AvgIpc) is 2.60. The summed E-state index contributed by atoms with van der Waals surface area (Å²) in [5.74, 6) is 0.469. The molecule has 8 heteroatoms. The van der Waals surface area contributed by atoms with Crippen molar-refractivity contribution in [3.63, 3.8) is 0 Å². The molecule has 0 unspecified atom stereocenters. The van der Waals surface area contributed by atoms with Crippen LogP contribution in [0.2, 0.25) is 0 Å². The molecule has 0 saturated heterocycles. The Kier molecular flexibility index (Phi) is 5.89. The Balaban J connectivity index is 2.01. The predicted octanol–water partition coefficient (Wildman–Crippen LogP) is 0.977. The zero-order valence-electron chi connectivity index (χ0n) is 14.8. The smallest absolute Gasteiger partial charge is 0.251 e. The van der Waals surface area contributed by atoms with E-state index in [0.29, 0.717) is 23.0 Å². The molecule has 0 aliphatic heterocycles. The second-order valence-electron chi connectivity index (χ2n) is 5.79. The van der Waals surface area contributed by atoms with Crippen molar-refractivity contribution in [2.45, 2.75) is 0 Å². The van der Waals surface area contributed by atoms with E-state index in [-0.39, 0.29) is 18.4 Å². The molecular formula is C17H22N6O2. The first-order chi connectivity index (χ1) is 11.9. The largest absolute Gasteiger partial charge is 0.361 e. The zero-order valence-corrected chi connectivity index (χ0v) is 14.8. The number of benzene rings is 1. The van der Waals surface area contributed by atoms with Crippen molar-refractivity contribution in [2.24, 2.45) is 0 Å². The van der Waals surface area contributed by atoms with Crippen molar-refractivity contribution in [3.8, 4) is 0 Å². The molecule has 2 amide bonds. The lowest BCUT2D eigenvalue weighted by molar-refractivity contribution is -0.115. The lowest BCUT2D eigenvalue weighted by Gasteiger charge is -2.19. The van der Waals surface area contributed by atoms with Gasteiger partial charge in [-0.2, -0.15) is 4.98 Å². The van der Waals surface area contributed by atoms with E-state index in [1.165, 1.54) is 0 Å². The SMILES string of the molecule is CN(C)c1ncc(NC(=O)CNC(=O)c2ccccc2)c(N(C)C)n1. The summed E-state index contributed by atoms with van der Waals surface area (Å²) in [4.78, 5) is 36.3. The van der Waals surface area contributed by atoms with Gasteiger partial charge in [0.15, 0.2) is 5.82 Å². The van der Waals surface area contributed by atoms with Gasteiger partial charge in [-0.25, -0.2) is 4.98 Å². The quantitative estimate of drug-likeness (QED) is 0.813. The molecule has 0 fully saturated rings. The Morgan fingerprint density at radius 2 is 1.72 bits per heavy atom. The lowest BCUT2D eigenvalue weighted by atomic mass is 10.2. The molecule has 0 bridgehead atoms. The van der Waals surface area contributed by atoms with Crippen LogP contribution >= 0.6 is 0 Å². The number of carbonyl (C=O) groups is 2. The molecule has 0 aliphatic rings. The molecule has 8 nitrogen and oxygen atoms in total. The number of nitrogens with zero attached hydrogens (tertiary/aromatic N) is 4. The van der Waals surface area contributed by atoms with Crippen molar-refractivity contribution in [2.75, 3.05) is 49.9 Å². The lowest BCUT2D eigenvalue weighted by Crippen LogP contribution is -2.33. The van der Waals surface area contributed by atoms with E-state index in [4.69, 9.17) is 0 Å². The first-order valence-corrected chi connectivity index (χ1v) is 7.73. The normalized spacial score (nSPS) is 10.1. The van der Waals surface area contributed by atoms with Crippen LogP contribution < -0.4 is 20.4 Å². The molecule has 1 aromatic carbocycles. The van der Waals surface area contributed by atoms with E-state index in [1.807, 2.05) is 34.3 Å². The van der Waals surface area contributed by atoms with Gasteiger partial charge >= 0.3 is 0 Å². The summed E-state index contributed by atoms with van der Waals surface area (Å²) < 4.78 is 0. The van der Waals surface area contributed by atoms with Crippen LogP contribution in [-0.2, 0) is 4.79 Å². The van der Waals surface area contributed by atoms with Gasteiger partial charge in [0.2, 0.25) is 11.9 Å². The minimum absolute atomic E-state index is 0.143. The van der Waals surface area contributed by atoms with Crippen LogP contribution in [0, 0.1) is 0 Å². The maximum absolute atomic E-state index is 12.1. The third-order valence-electron chi connectivity index (χ3n) is 3.30. The number of amides is 2. The third kappa shape index (κ3) is 4.90. The molecule has 2 rings (SSSR count). The zero-order chi connectivity index (χ0) is 18.4. The van der Waals surface area contributed by atoms with Gasteiger partial charge in [0.1, 0.15) is 5.69 Å². The van der Waals surface area contributed by atoms with Crippen LogP contribution in [-0.4, -0.2) is 56.5 Å². The van der Waals surface area contributed by atoms with Gasteiger partial charge in [-0.3, -0.25) is 9.59 Å². The predicted molar refractivity (Wildman–Crippen MR) is 98.1 cm³/mol. The number of aromatic nitrogens is 2. The molecule has 1 heterocycles. The van der Waals surface area contributed by atoms with E-state index < -0.39 is 0 Å². The number of hydrogen-bond donors (Lipinski definition) is 2. The van der Waals surface area contributed by atoms with Crippen LogP contribution in [0.15, 0.2) is 36.5 Å².